The highest BCUT2D eigenvalue weighted by Gasteiger charge is 2.39. The van der Waals surface area contributed by atoms with Crippen LogP contribution in [0.25, 0.3) is 98.3 Å². The maximum absolute atomic E-state index is 15.1. The van der Waals surface area contributed by atoms with E-state index >= 15 is 4.79 Å². The third-order valence-electron chi connectivity index (χ3n) is 17.2. The summed E-state index contributed by atoms with van der Waals surface area (Å²) in [4.78, 5) is 118. The minimum atomic E-state index is -0.470. The second kappa shape index (κ2) is 16.3. The van der Waals surface area contributed by atoms with Gasteiger partial charge < -0.3 is 0 Å². The molecule has 372 valence electrons. The monoisotopic (exact) mass is 1000 g/mol. The van der Waals surface area contributed by atoms with Crippen LogP contribution in [0.15, 0.2) is 84.9 Å². The molecule has 4 heterocycles. The van der Waals surface area contributed by atoms with Crippen molar-refractivity contribution < 1.29 is 38.4 Å². The Labute approximate surface area is 434 Å². The molecule has 0 aromatic heterocycles. The van der Waals surface area contributed by atoms with Gasteiger partial charge in [-0.15, -0.1) is 0 Å². The van der Waals surface area contributed by atoms with Gasteiger partial charge in [-0.25, -0.2) is 0 Å². The third-order valence-corrected chi connectivity index (χ3v) is 17.2. The van der Waals surface area contributed by atoms with Gasteiger partial charge in [0.05, 0.1) is 0 Å². The van der Waals surface area contributed by atoms with Crippen LogP contribution in [0.5, 0.6) is 0 Å². The molecule has 10 aromatic rings. The highest BCUT2D eigenvalue weighted by Crippen LogP contribution is 2.50. The number of imide groups is 4. The van der Waals surface area contributed by atoms with Crippen LogP contribution in [0, 0.1) is 0 Å². The van der Waals surface area contributed by atoms with E-state index in [2.05, 4.69) is 6.92 Å². The molecule has 0 radical (unpaired) electrons. The molecule has 0 atom stereocenters. The van der Waals surface area contributed by atoms with E-state index in [-0.39, 0.29) is 12.5 Å². The molecule has 10 aromatic carbocycles. The number of carbonyl (C=O) groups is 8. The lowest BCUT2D eigenvalue weighted by atomic mass is 9.80. The smallest absolute Gasteiger partial charge is 0.261 e. The second-order valence-electron chi connectivity index (χ2n) is 21.2. The Bertz CT molecular complexity index is 4440. The van der Waals surface area contributed by atoms with Crippen LogP contribution >= 0.6 is 0 Å². The van der Waals surface area contributed by atoms with Crippen molar-refractivity contribution in [3.05, 3.63) is 141 Å². The van der Waals surface area contributed by atoms with Gasteiger partial charge in [0.15, 0.2) is 0 Å². The minimum Gasteiger partial charge on any atom is -0.277 e. The van der Waals surface area contributed by atoms with Crippen LogP contribution in [0.3, 0.4) is 0 Å². The second-order valence-corrected chi connectivity index (χ2v) is 21.2. The van der Waals surface area contributed by atoms with Crippen molar-refractivity contribution in [1.29, 1.82) is 0 Å². The Kier molecular flexibility index (Phi) is 9.80. The molecule has 0 N–H and O–H groups in total. The number of fused-ring (bicyclic) bond motifs is 4. The highest BCUT2D eigenvalue weighted by atomic mass is 16.2. The number of amides is 8. The van der Waals surface area contributed by atoms with E-state index in [4.69, 9.17) is 0 Å². The molecule has 14 rings (SSSR count). The van der Waals surface area contributed by atoms with Crippen LogP contribution in [0.4, 0.5) is 0 Å². The molecule has 0 spiro atoms. The fraction of sp³-hybridized carbons (Fsp3) is 0.219. The summed E-state index contributed by atoms with van der Waals surface area (Å²) in [6.07, 6.45) is 13.6. The van der Waals surface area contributed by atoms with Crippen LogP contribution in [0.1, 0.15) is 159 Å². The summed E-state index contributed by atoms with van der Waals surface area (Å²) in [6.45, 7) is 2.48. The van der Waals surface area contributed by atoms with Gasteiger partial charge in [0.25, 0.3) is 47.3 Å². The van der Waals surface area contributed by atoms with Gasteiger partial charge in [0.1, 0.15) is 0 Å². The molecule has 4 aliphatic rings. The van der Waals surface area contributed by atoms with Crippen molar-refractivity contribution in [2.75, 3.05) is 27.7 Å². The lowest BCUT2D eigenvalue weighted by molar-refractivity contribution is 0.0599. The number of benzene rings is 10. The molecule has 0 saturated heterocycles. The molecule has 0 aliphatic carbocycles. The number of carbonyl (C=O) groups excluding carboxylic acids is 8. The Morgan fingerprint density at radius 1 is 0.303 bits per heavy atom. The first-order valence-corrected chi connectivity index (χ1v) is 26.3. The number of hydrogen-bond acceptors (Lipinski definition) is 8. The summed E-state index contributed by atoms with van der Waals surface area (Å²) in [5.74, 6) is -3.31. The third kappa shape index (κ3) is 5.89. The van der Waals surface area contributed by atoms with Crippen LogP contribution in [0.2, 0.25) is 0 Å². The molecule has 76 heavy (non-hydrogen) atoms. The Hall–Kier alpha value is -8.90. The van der Waals surface area contributed by atoms with E-state index in [1.165, 1.54) is 58.1 Å². The zero-order valence-corrected chi connectivity index (χ0v) is 42.4. The predicted octanol–water partition coefficient (Wildman–Crippen LogP) is 12.8. The number of hydrogen-bond donors (Lipinski definition) is 0. The summed E-state index contributed by atoms with van der Waals surface area (Å²) in [7, 11) is 4.42. The van der Waals surface area contributed by atoms with Gasteiger partial charge in [0, 0.05) is 93.7 Å². The molecular weight excluding hydrogens is 953 g/mol. The lowest BCUT2D eigenvalue weighted by Gasteiger charge is -2.30. The molecule has 0 unspecified atom stereocenters. The average Bonchev–Trinajstić information content (AvgIpc) is 3.53. The minimum absolute atomic E-state index is 0.274. The van der Waals surface area contributed by atoms with Crippen LogP contribution < -0.4 is 0 Å². The van der Waals surface area contributed by atoms with Crippen LogP contribution in [-0.2, 0) is 0 Å². The SMILES string of the molecule is CCCCCCCCCCCN1C(=O)c2ccc3c4ccc5c6c(ccc(c7c(/C=C/c8cc9c%10c(ccc%11c%12ccc%13c%14c(ccc(c8c%10%11)c%14%12)C(=O)N(C)C%13=O)C(=O)N(C)C9=O)cc(c2c37)C1=O)c64)C(=O)N(C)C5=O. The van der Waals surface area contributed by atoms with Gasteiger partial charge in [-0.2, -0.15) is 0 Å². The van der Waals surface area contributed by atoms with Crippen molar-refractivity contribution in [2.45, 2.75) is 64.7 Å². The topological polar surface area (TPSA) is 150 Å². The van der Waals surface area contributed by atoms with Crippen molar-refractivity contribution in [2.24, 2.45) is 0 Å². The van der Waals surface area contributed by atoms with Gasteiger partial charge in [-0.05, 0) is 131 Å². The fourth-order valence-corrected chi connectivity index (χ4v) is 13.4. The van der Waals surface area contributed by atoms with Crippen molar-refractivity contribution in [3.8, 4) is 0 Å². The predicted molar refractivity (Wildman–Crippen MR) is 296 cm³/mol. The number of unbranched alkanes of at least 4 members (excludes halogenated alkanes) is 8. The molecule has 12 heteroatoms. The van der Waals surface area contributed by atoms with Gasteiger partial charge in [-0.1, -0.05) is 107 Å². The summed E-state index contributed by atoms with van der Waals surface area (Å²) >= 11 is 0. The van der Waals surface area contributed by atoms with E-state index in [1.807, 2.05) is 54.6 Å². The molecule has 0 saturated carbocycles. The highest BCUT2D eigenvalue weighted by molar-refractivity contribution is 6.44. The van der Waals surface area contributed by atoms with E-state index in [1.54, 1.807) is 42.5 Å². The maximum atomic E-state index is 15.1. The van der Waals surface area contributed by atoms with Gasteiger partial charge in [0.2, 0.25) is 0 Å². The summed E-state index contributed by atoms with van der Waals surface area (Å²) < 4.78 is 0. The largest absolute Gasteiger partial charge is 0.277 e. The molecule has 12 nitrogen and oxygen atoms in total. The normalized spacial score (nSPS) is 15.7. The fourth-order valence-electron chi connectivity index (χ4n) is 13.4. The zero-order valence-electron chi connectivity index (χ0n) is 42.4. The first-order valence-electron chi connectivity index (χ1n) is 26.3. The summed E-state index contributed by atoms with van der Waals surface area (Å²) in [5, 5.41) is 10.8. The van der Waals surface area contributed by atoms with Crippen molar-refractivity contribution >= 4 is 146 Å². The summed E-state index contributed by atoms with van der Waals surface area (Å²) in [5.41, 5.74) is 4.27. The number of nitrogens with zero attached hydrogens (tertiary/aromatic N) is 4. The van der Waals surface area contributed by atoms with E-state index in [0.717, 1.165) is 60.9 Å². The Morgan fingerprint density at radius 2 is 0.592 bits per heavy atom. The van der Waals surface area contributed by atoms with Crippen LogP contribution in [-0.4, -0.2) is 94.5 Å². The Balaban J connectivity index is 1.03. The molecule has 4 aliphatic heterocycles. The quantitative estimate of drug-likeness (QED) is 0.0386. The standard InChI is InChI=1S/C64H48N4O8/c1-5-6-7-8-9-10-11-12-13-28-68-63(75)44-25-19-36-34-17-23-40-52-42(60(72)66(3)58(40)70)27-21-38(50(34)52)48-32(30-46(64(68)76)54(44)56(36)48)15-14-31-29-45-53-43(61(73)67(4)62(45)74)24-18-35-33-16-22-39-51-41(59(71)65(2)57(39)69)26-20-37(49(33)51)47(31)55(35)53/h14-27,29-30H,5-13,28H2,1-4H3/b15-14+. The van der Waals surface area contributed by atoms with Crippen molar-refractivity contribution in [3.63, 3.8) is 0 Å². The lowest BCUT2D eigenvalue weighted by Crippen LogP contribution is -2.41. The van der Waals surface area contributed by atoms with Crippen molar-refractivity contribution in [1.82, 2.24) is 19.6 Å². The average molecular weight is 1000 g/mol. The van der Waals surface area contributed by atoms with E-state index < -0.39 is 41.4 Å². The number of rotatable bonds is 12. The first kappa shape index (κ1) is 45.7. The Morgan fingerprint density at radius 3 is 0.987 bits per heavy atom. The zero-order chi connectivity index (χ0) is 52.3. The molecule has 8 amide bonds. The van der Waals surface area contributed by atoms with Gasteiger partial charge >= 0.3 is 0 Å². The molecular formula is C64H48N4O8. The molecule has 0 bridgehead atoms. The first-order chi connectivity index (χ1) is 36.8. The summed E-state index contributed by atoms with van der Waals surface area (Å²) in [6, 6.07) is 25.5. The van der Waals surface area contributed by atoms with Gasteiger partial charge in [-0.3, -0.25) is 58.0 Å². The maximum Gasteiger partial charge on any atom is 0.261 e. The van der Waals surface area contributed by atoms with E-state index in [0.29, 0.717) is 121 Å². The molecule has 0 fully saturated rings. The van der Waals surface area contributed by atoms with E-state index in [9.17, 15) is 33.6 Å².